The molecule has 2 fully saturated rings. The van der Waals surface area contributed by atoms with E-state index >= 15 is 0 Å². The van der Waals surface area contributed by atoms with Crippen molar-refractivity contribution in [2.45, 2.75) is 64.7 Å². The molecule has 3 atom stereocenters. The van der Waals surface area contributed by atoms with Crippen molar-refractivity contribution in [2.24, 2.45) is 5.41 Å². The Morgan fingerprint density at radius 1 is 1.41 bits per heavy atom. The zero-order chi connectivity index (χ0) is 12.7. The zero-order valence-corrected chi connectivity index (χ0v) is 11.6. The lowest BCUT2D eigenvalue weighted by Gasteiger charge is -2.45. The van der Waals surface area contributed by atoms with Crippen LogP contribution in [0.1, 0.15) is 47.0 Å². The molecule has 0 radical (unpaired) electrons. The molecule has 100 valence electrons. The highest BCUT2D eigenvalue weighted by molar-refractivity contribution is 5.13. The molecule has 2 heterocycles. The van der Waals surface area contributed by atoms with E-state index in [2.05, 4.69) is 25.7 Å². The van der Waals surface area contributed by atoms with Crippen LogP contribution >= 0.6 is 0 Å². The average Bonchev–Trinajstić information content (AvgIpc) is 2.72. The van der Waals surface area contributed by atoms with Crippen LogP contribution in [0.15, 0.2) is 0 Å². The second kappa shape index (κ2) is 4.51. The van der Waals surface area contributed by atoms with Gasteiger partial charge in [-0.3, -0.25) is 4.90 Å². The van der Waals surface area contributed by atoms with Gasteiger partial charge >= 0.3 is 0 Å². The van der Waals surface area contributed by atoms with Crippen molar-refractivity contribution < 1.29 is 9.13 Å². The molecule has 2 nitrogen and oxygen atoms in total. The predicted molar refractivity (Wildman–Crippen MR) is 67.9 cm³/mol. The summed E-state index contributed by atoms with van der Waals surface area (Å²) in [5, 5.41) is 0. The van der Waals surface area contributed by atoms with Gasteiger partial charge in [-0.1, -0.05) is 20.8 Å². The number of rotatable bonds is 3. The standard InChI is InChI=1S/C14H26FNO/c1-5-17-10-12-11(15)9-14(13(2,3)4)7-6-8-16(12)14/h11-12H,5-10H2,1-4H3. The van der Waals surface area contributed by atoms with Gasteiger partial charge in [-0.05, 0) is 38.1 Å². The zero-order valence-electron chi connectivity index (χ0n) is 11.6. The van der Waals surface area contributed by atoms with Gasteiger partial charge in [0.05, 0.1) is 12.6 Å². The number of nitrogens with zero attached hydrogens (tertiary/aromatic N) is 1. The highest BCUT2D eigenvalue weighted by atomic mass is 19.1. The summed E-state index contributed by atoms with van der Waals surface area (Å²) in [5.74, 6) is 0. The third-order valence-electron chi connectivity index (χ3n) is 4.78. The molecule has 17 heavy (non-hydrogen) atoms. The van der Waals surface area contributed by atoms with Gasteiger partial charge in [0.2, 0.25) is 0 Å². The van der Waals surface area contributed by atoms with Crippen molar-refractivity contribution in [3.05, 3.63) is 0 Å². The maximum atomic E-state index is 14.3. The Kier molecular flexibility index (Phi) is 3.52. The van der Waals surface area contributed by atoms with E-state index in [-0.39, 0.29) is 17.0 Å². The van der Waals surface area contributed by atoms with E-state index in [1.807, 2.05) is 6.92 Å². The van der Waals surface area contributed by atoms with E-state index in [9.17, 15) is 4.39 Å². The Morgan fingerprint density at radius 3 is 2.71 bits per heavy atom. The molecule has 3 unspecified atom stereocenters. The summed E-state index contributed by atoms with van der Waals surface area (Å²) in [6.45, 7) is 11.0. The molecule has 0 N–H and O–H groups in total. The maximum absolute atomic E-state index is 14.3. The lowest BCUT2D eigenvalue weighted by molar-refractivity contribution is 0.00815. The number of fused-ring (bicyclic) bond motifs is 1. The third kappa shape index (κ3) is 2.01. The van der Waals surface area contributed by atoms with Crippen molar-refractivity contribution in [1.82, 2.24) is 4.90 Å². The Bertz CT molecular complexity index is 276. The maximum Gasteiger partial charge on any atom is 0.120 e. The molecule has 3 heteroatoms. The van der Waals surface area contributed by atoms with Crippen LogP contribution in [-0.4, -0.2) is 42.4 Å². The monoisotopic (exact) mass is 243 g/mol. The summed E-state index contributed by atoms with van der Waals surface area (Å²) in [7, 11) is 0. The summed E-state index contributed by atoms with van der Waals surface area (Å²) < 4.78 is 19.8. The molecule has 2 saturated heterocycles. The van der Waals surface area contributed by atoms with Crippen molar-refractivity contribution in [2.75, 3.05) is 19.8 Å². The Morgan fingerprint density at radius 2 is 2.12 bits per heavy atom. The topological polar surface area (TPSA) is 12.5 Å². The van der Waals surface area contributed by atoms with E-state index < -0.39 is 6.17 Å². The molecule has 2 aliphatic heterocycles. The summed E-state index contributed by atoms with van der Waals surface area (Å²) in [5.41, 5.74) is 0.211. The number of alkyl halides is 1. The molecule has 0 saturated carbocycles. The number of ether oxygens (including phenoxy) is 1. The van der Waals surface area contributed by atoms with Crippen LogP contribution in [0.2, 0.25) is 0 Å². The fourth-order valence-corrected chi connectivity index (χ4v) is 3.80. The average molecular weight is 243 g/mol. The SMILES string of the molecule is CCOCC1C(F)CC2(C(C)(C)C)CCCN12. The smallest absolute Gasteiger partial charge is 0.120 e. The molecule has 2 rings (SSSR count). The molecule has 0 aromatic carbocycles. The minimum Gasteiger partial charge on any atom is -0.380 e. The Balaban J connectivity index is 2.19. The van der Waals surface area contributed by atoms with Crippen LogP contribution in [0, 0.1) is 5.41 Å². The van der Waals surface area contributed by atoms with E-state index in [1.165, 1.54) is 6.42 Å². The van der Waals surface area contributed by atoms with E-state index in [1.54, 1.807) is 0 Å². The molecule has 2 aliphatic rings. The van der Waals surface area contributed by atoms with Gasteiger partial charge in [-0.15, -0.1) is 0 Å². The second-order valence-corrected chi connectivity index (χ2v) is 6.53. The number of hydrogen-bond acceptors (Lipinski definition) is 2. The van der Waals surface area contributed by atoms with E-state index in [0.29, 0.717) is 19.6 Å². The first-order chi connectivity index (χ1) is 7.92. The summed E-state index contributed by atoms with van der Waals surface area (Å²) >= 11 is 0. The van der Waals surface area contributed by atoms with Crippen LogP contribution in [0.25, 0.3) is 0 Å². The predicted octanol–water partition coefficient (Wildman–Crippen LogP) is 3.01. The normalized spacial score (nSPS) is 38.6. The molecule has 0 amide bonds. The van der Waals surface area contributed by atoms with Crippen LogP contribution in [0.3, 0.4) is 0 Å². The van der Waals surface area contributed by atoms with E-state index in [4.69, 9.17) is 4.74 Å². The highest BCUT2D eigenvalue weighted by Gasteiger charge is 2.59. The largest absolute Gasteiger partial charge is 0.380 e. The minimum absolute atomic E-state index is 0.0170. The molecular formula is C14H26FNO. The van der Waals surface area contributed by atoms with Crippen molar-refractivity contribution in [3.8, 4) is 0 Å². The van der Waals surface area contributed by atoms with Crippen LogP contribution in [-0.2, 0) is 4.74 Å². The Hall–Kier alpha value is -0.150. The second-order valence-electron chi connectivity index (χ2n) is 6.53. The minimum atomic E-state index is -0.721. The Labute approximate surface area is 105 Å². The molecule has 0 aromatic heterocycles. The summed E-state index contributed by atoms with van der Waals surface area (Å²) in [6.07, 6.45) is 2.31. The van der Waals surface area contributed by atoms with Gasteiger partial charge in [0.1, 0.15) is 6.17 Å². The lowest BCUT2D eigenvalue weighted by Crippen LogP contribution is -2.52. The van der Waals surface area contributed by atoms with Gasteiger partial charge in [0.15, 0.2) is 0 Å². The van der Waals surface area contributed by atoms with Crippen LogP contribution < -0.4 is 0 Å². The third-order valence-corrected chi connectivity index (χ3v) is 4.78. The first-order valence-electron chi connectivity index (χ1n) is 6.91. The molecule has 0 bridgehead atoms. The molecular weight excluding hydrogens is 217 g/mol. The van der Waals surface area contributed by atoms with Gasteiger partial charge in [0.25, 0.3) is 0 Å². The van der Waals surface area contributed by atoms with Gasteiger partial charge < -0.3 is 4.74 Å². The first-order valence-corrected chi connectivity index (χ1v) is 6.91. The number of hydrogen-bond donors (Lipinski definition) is 0. The van der Waals surface area contributed by atoms with Crippen molar-refractivity contribution in [3.63, 3.8) is 0 Å². The van der Waals surface area contributed by atoms with Gasteiger partial charge in [-0.25, -0.2) is 4.39 Å². The fourth-order valence-electron chi connectivity index (χ4n) is 3.80. The first kappa shape index (κ1) is 13.3. The molecule has 0 aromatic rings. The van der Waals surface area contributed by atoms with E-state index in [0.717, 1.165) is 13.0 Å². The summed E-state index contributed by atoms with van der Waals surface area (Å²) in [4.78, 5) is 2.41. The summed E-state index contributed by atoms with van der Waals surface area (Å²) in [6, 6.07) is -0.0170. The molecule has 0 aliphatic carbocycles. The quantitative estimate of drug-likeness (QED) is 0.755. The lowest BCUT2D eigenvalue weighted by atomic mass is 9.71. The fraction of sp³-hybridized carbons (Fsp3) is 1.00. The van der Waals surface area contributed by atoms with Gasteiger partial charge in [0, 0.05) is 12.1 Å². The van der Waals surface area contributed by atoms with Crippen LogP contribution in [0.4, 0.5) is 4.39 Å². The van der Waals surface area contributed by atoms with Crippen LogP contribution in [0.5, 0.6) is 0 Å². The van der Waals surface area contributed by atoms with Crippen molar-refractivity contribution in [1.29, 1.82) is 0 Å². The van der Waals surface area contributed by atoms with Gasteiger partial charge in [-0.2, -0.15) is 0 Å². The highest BCUT2D eigenvalue weighted by Crippen LogP contribution is 2.53. The van der Waals surface area contributed by atoms with Crippen molar-refractivity contribution >= 4 is 0 Å². The number of halogens is 1. The molecule has 0 spiro atoms.